The molecule has 2 heteroatoms. The van der Waals surface area contributed by atoms with E-state index in [2.05, 4.69) is 41.8 Å². The van der Waals surface area contributed by atoms with Crippen molar-refractivity contribution in [1.82, 2.24) is 10.6 Å². The zero-order valence-electron chi connectivity index (χ0n) is 12.0. The molecule has 1 fully saturated rings. The molecule has 1 aromatic carbocycles. The van der Waals surface area contributed by atoms with Gasteiger partial charge >= 0.3 is 0 Å². The van der Waals surface area contributed by atoms with Crippen molar-refractivity contribution < 1.29 is 0 Å². The Morgan fingerprint density at radius 3 is 2.84 bits per heavy atom. The normalized spacial score (nSPS) is 25.8. The number of hydrogen-bond acceptors (Lipinski definition) is 2. The molecule has 1 saturated carbocycles. The van der Waals surface area contributed by atoms with Gasteiger partial charge in [-0.15, -0.1) is 0 Å². The molecule has 19 heavy (non-hydrogen) atoms. The van der Waals surface area contributed by atoms with Crippen LogP contribution < -0.4 is 10.6 Å². The van der Waals surface area contributed by atoms with E-state index in [-0.39, 0.29) is 0 Å². The van der Waals surface area contributed by atoms with E-state index in [1.807, 2.05) is 0 Å². The smallest absolute Gasteiger partial charge is 0.0208 e. The third-order valence-corrected chi connectivity index (χ3v) is 4.93. The molecule has 1 unspecified atom stereocenters. The Labute approximate surface area is 117 Å². The molecule has 0 aromatic heterocycles. The first-order valence-electron chi connectivity index (χ1n) is 7.80. The molecule has 104 valence electrons. The third-order valence-electron chi connectivity index (χ3n) is 4.93. The van der Waals surface area contributed by atoms with Gasteiger partial charge in [0.05, 0.1) is 0 Å². The Balaban J connectivity index is 1.64. The van der Waals surface area contributed by atoms with E-state index in [1.165, 1.54) is 37.7 Å². The standard InChI is InChI=1S/C17H26N2/c1-17(9-5-2-6-10-17)19-13-15-12-18-11-14-7-3-4-8-16(14)15/h3-4,7-8,15,18-19H,2,5-6,9-13H2,1H3. The van der Waals surface area contributed by atoms with Crippen molar-refractivity contribution in [3.05, 3.63) is 35.4 Å². The molecule has 2 aliphatic rings. The van der Waals surface area contributed by atoms with Crippen LogP contribution in [0.4, 0.5) is 0 Å². The summed E-state index contributed by atoms with van der Waals surface area (Å²) >= 11 is 0. The van der Waals surface area contributed by atoms with E-state index in [1.54, 1.807) is 5.56 Å². The molecule has 3 rings (SSSR count). The molecule has 1 heterocycles. The van der Waals surface area contributed by atoms with Crippen molar-refractivity contribution in [2.24, 2.45) is 0 Å². The molecule has 0 saturated heterocycles. The minimum atomic E-state index is 0.380. The van der Waals surface area contributed by atoms with Gasteiger partial charge in [-0.3, -0.25) is 0 Å². The minimum absolute atomic E-state index is 0.380. The lowest BCUT2D eigenvalue weighted by molar-refractivity contribution is 0.247. The summed E-state index contributed by atoms with van der Waals surface area (Å²) in [7, 11) is 0. The molecule has 2 N–H and O–H groups in total. The first-order chi connectivity index (χ1) is 9.27. The summed E-state index contributed by atoms with van der Waals surface area (Å²) in [6, 6.07) is 8.90. The van der Waals surface area contributed by atoms with Gasteiger partial charge in [0.25, 0.3) is 0 Å². The van der Waals surface area contributed by atoms with Crippen molar-refractivity contribution in [2.75, 3.05) is 13.1 Å². The molecule has 0 radical (unpaired) electrons. The number of nitrogens with one attached hydrogen (secondary N) is 2. The van der Waals surface area contributed by atoms with Crippen LogP contribution in [0.5, 0.6) is 0 Å². The zero-order chi connectivity index (χ0) is 13.1. The lowest BCUT2D eigenvalue weighted by Gasteiger charge is -2.37. The highest BCUT2D eigenvalue weighted by atomic mass is 15.0. The van der Waals surface area contributed by atoms with E-state index < -0.39 is 0 Å². The van der Waals surface area contributed by atoms with Gasteiger partial charge in [0.1, 0.15) is 0 Å². The first-order valence-corrected chi connectivity index (χ1v) is 7.80. The maximum atomic E-state index is 3.87. The molecular formula is C17H26N2. The fraction of sp³-hybridized carbons (Fsp3) is 0.647. The second-order valence-corrected chi connectivity index (χ2v) is 6.53. The van der Waals surface area contributed by atoms with Crippen LogP contribution in [0.15, 0.2) is 24.3 Å². The lowest BCUT2D eigenvalue weighted by Crippen LogP contribution is -2.47. The quantitative estimate of drug-likeness (QED) is 0.870. The van der Waals surface area contributed by atoms with Crippen LogP contribution in [0.3, 0.4) is 0 Å². The van der Waals surface area contributed by atoms with Crippen molar-refractivity contribution in [3.63, 3.8) is 0 Å². The molecule has 1 aromatic rings. The molecule has 0 spiro atoms. The van der Waals surface area contributed by atoms with E-state index in [0.29, 0.717) is 11.5 Å². The van der Waals surface area contributed by atoms with Crippen molar-refractivity contribution >= 4 is 0 Å². The average molecular weight is 258 g/mol. The number of rotatable bonds is 3. The van der Waals surface area contributed by atoms with Gasteiger partial charge in [-0.1, -0.05) is 43.5 Å². The van der Waals surface area contributed by atoms with Gasteiger partial charge in [-0.2, -0.15) is 0 Å². The van der Waals surface area contributed by atoms with Crippen molar-refractivity contribution in [3.8, 4) is 0 Å². The predicted octanol–water partition coefficient (Wildman–Crippen LogP) is 3.19. The summed E-state index contributed by atoms with van der Waals surface area (Å²) in [4.78, 5) is 0. The topological polar surface area (TPSA) is 24.1 Å². The molecular weight excluding hydrogens is 232 g/mol. The average Bonchev–Trinajstić information content (AvgIpc) is 2.46. The monoisotopic (exact) mass is 258 g/mol. The summed E-state index contributed by atoms with van der Waals surface area (Å²) in [5.74, 6) is 0.628. The third kappa shape index (κ3) is 3.01. The predicted molar refractivity (Wildman–Crippen MR) is 80.4 cm³/mol. The maximum absolute atomic E-state index is 3.87. The SMILES string of the molecule is CC1(NCC2CNCc3ccccc32)CCCCC1. The van der Waals surface area contributed by atoms with Gasteiger partial charge < -0.3 is 10.6 Å². The van der Waals surface area contributed by atoms with Crippen LogP contribution in [0.2, 0.25) is 0 Å². The van der Waals surface area contributed by atoms with E-state index in [9.17, 15) is 0 Å². The van der Waals surface area contributed by atoms with Crippen LogP contribution in [0.25, 0.3) is 0 Å². The molecule has 1 aliphatic heterocycles. The summed E-state index contributed by atoms with van der Waals surface area (Å²) in [5.41, 5.74) is 3.41. The van der Waals surface area contributed by atoms with Crippen LogP contribution in [-0.2, 0) is 6.54 Å². The minimum Gasteiger partial charge on any atom is -0.312 e. The molecule has 1 aliphatic carbocycles. The molecule has 0 bridgehead atoms. The Kier molecular flexibility index (Phi) is 3.90. The van der Waals surface area contributed by atoms with Crippen LogP contribution >= 0.6 is 0 Å². The zero-order valence-corrected chi connectivity index (χ0v) is 12.0. The van der Waals surface area contributed by atoms with E-state index in [4.69, 9.17) is 0 Å². The van der Waals surface area contributed by atoms with E-state index >= 15 is 0 Å². The second-order valence-electron chi connectivity index (χ2n) is 6.53. The number of benzene rings is 1. The van der Waals surface area contributed by atoms with Gasteiger partial charge in [-0.05, 0) is 30.9 Å². The highest BCUT2D eigenvalue weighted by Gasteiger charge is 2.28. The van der Waals surface area contributed by atoms with Crippen molar-refractivity contribution in [2.45, 2.75) is 57.0 Å². The first kappa shape index (κ1) is 13.1. The molecule has 0 amide bonds. The van der Waals surface area contributed by atoms with Gasteiger partial charge in [0, 0.05) is 31.1 Å². The Bertz CT molecular complexity index is 421. The fourth-order valence-corrected chi connectivity index (χ4v) is 3.65. The maximum Gasteiger partial charge on any atom is 0.0208 e. The molecule has 1 atom stereocenters. The highest BCUT2D eigenvalue weighted by molar-refractivity contribution is 5.33. The van der Waals surface area contributed by atoms with Gasteiger partial charge in [0.2, 0.25) is 0 Å². The van der Waals surface area contributed by atoms with Crippen LogP contribution in [0.1, 0.15) is 56.1 Å². The van der Waals surface area contributed by atoms with E-state index in [0.717, 1.165) is 19.6 Å². The summed E-state index contributed by atoms with van der Waals surface area (Å²) in [6.45, 7) is 5.67. The summed E-state index contributed by atoms with van der Waals surface area (Å²) in [5, 5.41) is 7.42. The lowest BCUT2D eigenvalue weighted by atomic mass is 9.82. The van der Waals surface area contributed by atoms with Crippen LogP contribution in [0, 0.1) is 0 Å². The van der Waals surface area contributed by atoms with Crippen LogP contribution in [-0.4, -0.2) is 18.6 Å². The molecule has 2 nitrogen and oxygen atoms in total. The van der Waals surface area contributed by atoms with Gasteiger partial charge in [0.15, 0.2) is 0 Å². The highest BCUT2D eigenvalue weighted by Crippen LogP contribution is 2.29. The second kappa shape index (κ2) is 5.64. The largest absolute Gasteiger partial charge is 0.312 e. The number of fused-ring (bicyclic) bond motifs is 1. The number of hydrogen-bond donors (Lipinski definition) is 2. The van der Waals surface area contributed by atoms with Crippen molar-refractivity contribution in [1.29, 1.82) is 0 Å². The summed E-state index contributed by atoms with van der Waals surface area (Å²) < 4.78 is 0. The Morgan fingerprint density at radius 2 is 2.00 bits per heavy atom. The Hall–Kier alpha value is -0.860. The van der Waals surface area contributed by atoms with Gasteiger partial charge in [-0.25, -0.2) is 0 Å². The summed E-state index contributed by atoms with van der Waals surface area (Å²) in [6.07, 6.45) is 6.89. The fourth-order valence-electron chi connectivity index (χ4n) is 3.65. The Morgan fingerprint density at radius 1 is 1.21 bits per heavy atom.